The molecule has 2 heterocycles. The molecule has 0 aliphatic heterocycles. The quantitative estimate of drug-likeness (QED) is 0.875. The molecule has 6 heteroatoms. The van der Waals surface area contributed by atoms with Gasteiger partial charge in [-0.05, 0) is 33.6 Å². The number of hydrogen-bond donors (Lipinski definition) is 1. The van der Waals surface area contributed by atoms with E-state index in [1.165, 1.54) is 0 Å². The Hall–Kier alpha value is -1.69. The Kier molecular flexibility index (Phi) is 3.53. The summed E-state index contributed by atoms with van der Waals surface area (Å²) in [5, 5.41) is 0. The van der Waals surface area contributed by atoms with E-state index >= 15 is 0 Å². The van der Waals surface area contributed by atoms with Gasteiger partial charge in [0.2, 0.25) is 5.95 Å². The summed E-state index contributed by atoms with van der Waals surface area (Å²) in [6, 6.07) is 5.58. The molecule has 17 heavy (non-hydrogen) atoms. The fourth-order valence-corrected chi connectivity index (χ4v) is 1.82. The van der Waals surface area contributed by atoms with Crippen LogP contribution in [0.2, 0.25) is 0 Å². The van der Waals surface area contributed by atoms with Crippen molar-refractivity contribution in [3.05, 3.63) is 40.8 Å². The van der Waals surface area contributed by atoms with Crippen molar-refractivity contribution in [2.75, 3.05) is 17.7 Å². The third kappa shape index (κ3) is 3.13. The van der Waals surface area contributed by atoms with Gasteiger partial charge in [-0.2, -0.15) is 4.98 Å². The smallest absolute Gasteiger partial charge is 0.228 e. The van der Waals surface area contributed by atoms with E-state index in [2.05, 4.69) is 30.9 Å². The third-order valence-corrected chi connectivity index (χ3v) is 2.62. The van der Waals surface area contributed by atoms with Gasteiger partial charge in [0, 0.05) is 32.1 Å². The Morgan fingerprint density at radius 2 is 2.00 bits per heavy atom. The van der Waals surface area contributed by atoms with Crippen LogP contribution in [0.5, 0.6) is 0 Å². The number of nitrogen functional groups attached to an aromatic ring is 1. The van der Waals surface area contributed by atoms with Crippen molar-refractivity contribution in [3.63, 3.8) is 0 Å². The van der Waals surface area contributed by atoms with E-state index in [9.17, 15) is 0 Å². The number of aromatic nitrogens is 3. The molecule has 0 radical (unpaired) electrons. The molecule has 2 aromatic rings. The maximum atomic E-state index is 5.67. The second kappa shape index (κ2) is 5.09. The van der Waals surface area contributed by atoms with Gasteiger partial charge >= 0.3 is 0 Å². The number of nitrogens with zero attached hydrogens (tertiary/aromatic N) is 4. The van der Waals surface area contributed by atoms with Crippen LogP contribution in [0.25, 0.3) is 0 Å². The molecular weight excluding hydrogens is 282 g/mol. The molecule has 88 valence electrons. The van der Waals surface area contributed by atoms with Crippen LogP contribution in [-0.4, -0.2) is 22.0 Å². The van der Waals surface area contributed by atoms with Gasteiger partial charge < -0.3 is 10.6 Å². The minimum atomic E-state index is 0.448. The van der Waals surface area contributed by atoms with Crippen LogP contribution < -0.4 is 10.6 Å². The standard InChI is InChI=1S/C11H12BrN5/c1-17(7-8-2-4-14-5-3-8)11-15-9(12)6-10(13)16-11/h2-6H,7H2,1H3,(H2,13,15,16). The SMILES string of the molecule is CN(Cc1ccncc1)c1nc(N)cc(Br)n1. The molecule has 0 aliphatic carbocycles. The molecule has 0 unspecified atom stereocenters. The first-order valence-corrected chi connectivity index (χ1v) is 5.84. The molecule has 0 amide bonds. The van der Waals surface area contributed by atoms with Gasteiger partial charge in [0.05, 0.1) is 0 Å². The molecule has 0 aliphatic rings. The van der Waals surface area contributed by atoms with Crippen LogP contribution in [0.1, 0.15) is 5.56 Å². The molecule has 2 rings (SSSR count). The molecule has 5 nitrogen and oxygen atoms in total. The number of pyridine rings is 1. The summed E-state index contributed by atoms with van der Waals surface area (Å²) in [6.45, 7) is 0.707. The van der Waals surface area contributed by atoms with Gasteiger partial charge in [0.25, 0.3) is 0 Å². The molecule has 0 saturated carbocycles. The average Bonchev–Trinajstić information content (AvgIpc) is 2.29. The van der Waals surface area contributed by atoms with Crippen LogP contribution in [0, 0.1) is 0 Å². The highest BCUT2D eigenvalue weighted by molar-refractivity contribution is 9.10. The monoisotopic (exact) mass is 293 g/mol. The van der Waals surface area contributed by atoms with Crippen LogP contribution in [0.4, 0.5) is 11.8 Å². The van der Waals surface area contributed by atoms with Gasteiger partial charge in [-0.3, -0.25) is 4.98 Å². The summed E-state index contributed by atoms with van der Waals surface area (Å²) >= 11 is 3.30. The van der Waals surface area contributed by atoms with Crippen LogP contribution in [0.15, 0.2) is 35.2 Å². The predicted molar refractivity (Wildman–Crippen MR) is 70.5 cm³/mol. The molecular formula is C11H12BrN5. The first-order valence-electron chi connectivity index (χ1n) is 5.05. The highest BCUT2D eigenvalue weighted by Gasteiger charge is 2.07. The number of halogens is 1. The number of nitrogens with two attached hydrogens (primary N) is 1. The van der Waals surface area contributed by atoms with E-state index in [4.69, 9.17) is 5.73 Å². The van der Waals surface area contributed by atoms with E-state index in [0.717, 1.165) is 5.56 Å². The van der Waals surface area contributed by atoms with Crippen molar-refractivity contribution >= 4 is 27.7 Å². The van der Waals surface area contributed by atoms with Crippen LogP contribution in [0.3, 0.4) is 0 Å². The second-order valence-electron chi connectivity index (χ2n) is 3.63. The van der Waals surface area contributed by atoms with Crippen molar-refractivity contribution in [1.29, 1.82) is 0 Å². The summed E-state index contributed by atoms with van der Waals surface area (Å²) in [6.07, 6.45) is 3.53. The maximum Gasteiger partial charge on any atom is 0.228 e. The average molecular weight is 294 g/mol. The Bertz CT molecular complexity index is 482. The topological polar surface area (TPSA) is 67.9 Å². The molecule has 0 spiro atoms. The normalized spacial score (nSPS) is 10.2. The van der Waals surface area contributed by atoms with E-state index in [1.54, 1.807) is 18.5 Å². The summed E-state index contributed by atoms with van der Waals surface area (Å²) in [7, 11) is 1.92. The van der Waals surface area contributed by atoms with Gasteiger partial charge in [-0.1, -0.05) is 0 Å². The largest absolute Gasteiger partial charge is 0.383 e. The van der Waals surface area contributed by atoms with Gasteiger partial charge in [0.15, 0.2) is 0 Å². The Morgan fingerprint density at radius 3 is 2.65 bits per heavy atom. The fourth-order valence-electron chi connectivity index (χ4n) is 1.43. The lowest BCUT2D eigenvalue weighted by atomic mass is 10.2. The molecule has 0 fully saturated rings. The molecule has 0 bridgehead atoms. The first kappa shape index (κ1) is 11.8. The van der Waals surface area contributed by atoms with E-state index in [0.29, 0.717) is 22.9 Å². The van der Waals surface area contributed by atoms with Crippen molar-refractivity contribution < 1.29 is 0 Å². The highest BCUT2D eigenvalue weighted by Crippen LogP contribution is 2.16. The zero-order valence-electron chi connectivity index (χ0n) is 9.34. The zero-order valence-corrected chi connectivity index (χ0v) is 10.9. The summed E-state index contributed by atoms with van der Waals surface area (Å²) in [4.78, 5) is 14.3. The lowest BCUT2D eigenvalue weighted by molar-refractivity contribution is 0.863. The van der Waals surface area contributed by atoms with Gasteiger partial charge in [0.1, 0.15) is 10.4 Å². The summed E-state index contributed by atoms with van der Waals surface area (Å²) in [5.74, 6) is 1.04. The minimum absolute atomic E-state index is 0.448. The first-order chi connectivity index (χ1) is 8.15. The van der Waals surface area contributed by atoms with Crippen molar-refractivity contribution in [3.8, 4) is 0 Å². The van der Waals surface area contributed by atoms with E-state index < -0.39 is 0 Å². The highest BCUT2D eigenvalue weighted by atomic mass is 79.9. The van der Waals surface area contributed by atoms with Crippen LogP contribution in [-0.2, 0) is 6.54 Å². The number of anilines is 2. The maximum absolute atomic E-state index is 5.67. The predicted octanol–water partition coefficient (Wildman–Crippen LogP) is 1.85. The van der Waals surface area contributed by atoms with Gasteiger partial charge in [-0.25, -0.2) is 4.98 Å². The van der Waals surface area contributed by atoms with E-state index in [1.807, 2.05) is 24.1 Å². The van der Waals surface area contributed by atoms with Crippen molar-refractivity contribution in [2.45, 2.75) is 6.54 Å². The zero-order chi connectivity index (χ0) is 12.3. The fraction of sp³-hybridized carbons (Fsp3) is 0.182. The lowest BCUT2D eigenvalue weighted by Crippen LogP contribution is -2.19. The molecule has 0 aromatic carbocycles. The van der Waals surface area contributed by atoms with E-state index in [-0.39, 0.29) is 0 Å². The molecule has 0 saturated heterocycles. The van der Waals surface area contributed by atoms with Crippen molar-refractivity contribution in [1.82, 2.24) is 15.0 Å². The molecule has 0 atom stereocenters. The Morgan fingerprint density at radius 1 is 1.29 bits per heavy atom. The second-order valence-corrected chi connectivity index (χ2v) is 4.44. The summed E-state index contributed by atoms with van der Waals surface area (Å²) in [5.41, 5.74) is 6.82. The molecule has 2 N–H and O–H groups in total. The Balaban J connectivity index is 2.17. The lowest BCUT2D eigenvalue weighted by Gasteiger charge is -2.17. The van der Waals surface area contributed by atoms with Gasteiger partial charge in [-0.15, -0.1) is 0 Å². The number of rotatable bonds is 3. The molecule has 2 aromatic heterocycles. The Labute approximate surface area is 108 Å². The summed E-state index contributed by atoms with van der Waals surface area (Å²) < 4.78 is 0.682. The number of hydrogen-bond acceptors (Lipinski definition) is 5. The minimum Gasteiger partial charge on any atom is -0.383 e. The van der Waals surface area contributed by atoms with Crippen molar-refractivity contribution in [2.24, 2.45) is 0 Å². The van der Waals surface area contributed by atoms with Crippen LogP contribution >= 0.6 is 15.9 Å². The third-order valence-electron chi connectivity index (χ3n) is 2.21.